The molecule has 0 fully saturated rings. The highest BCUT2D eigenvalue weighted by Gasteiger charge is 2.46. The number of benzene rings is 1. The summed E-state index contributed by atoms with van der Waals surface area (Å²) < 4.78 is 38.8. The molecule has 0 aliphatic heterocycles. The quantitative estimate of drug-likeness (QED) is 0.185. The van der Waals surface area contributed by atoms with Crippen molar-refractivity contribution in [1.29, 1.82) is 0 Å². The molecule has 2 heterocycles. The van der Waals surface area contributed by atoms with E-state index in [0.717, 1.165) is 45.1 Å². The Balaban J connectivity index is 2.37. The minimum atomic E-state index is -1.39. The standard InChI is InChI=1S/C25H15ClFNO12/c1-36-21(31)13-7-12-14(25(35)40-13)19(29)8-5-10(27)9(26)6-11(8)28(12)18-16(23(33)38-3)15(22(32)37-2)17(20(18)30)24(34)39-4/h5-7H,1-4H3. The predicted octanol–water partition coefficient (Wildman–Crippen LogP) is 1.30. The largest absolute Gasteiger partial charge is 0.465 e. The van der Waals surface area contributed by atoms with Gasteiger partial charge >= 0.3 is 29.5 Å². The summed E-state index contributed by atoms with van der Waals surface area (Å²) >= 11 is 5.98. The SMILES string of the molecule is COC(=O)C1=C(C(=O)OC)C(C(=O)OC)=C(n2c3cc(Cl)c(F)cc3c(=O)c3c(=O)oc(C(=O)OC)cc32)C1=O. The van der Waals surface area contributed by atoms with Crippen LogP contribution < -0.4 is 11.1 Å². The van der Waals surface area contributed by atoms with Crippen LogP contribution in [0.2, 0.25) is 5.02 Å². The van der Waals surface area contributed by atoms with Crippen LogP contribution in [0.25, 0.3) is 27.5 Å². The average molecular weight is 576 g/mol. The molecule has 40 heavy (non-hydrogen) atoms. The third-order valence-electron chi connectivity index (χ3n) is 5.88. The minimum absolute atomic E-state index is 0.370. The zero-order valence-electron chi connectivity index (χ0n) is 20.8. The fraction of sp³-hybridized carbons (Fsp3) is 0.160. The van der Waals surface area contributed by atoms with Crippen LogP contribution in [-0.4, -0.2) is 62.7 Å². The maximum Gasteiger partial charge on any atom is 0.374 e. The van der Waals surface area contributed by atoms with Crippen molar-refractivity contribution in [2.24, 2.45) is 0 Å². The molecule has 1 aliphatic rings. The molecule has 4 rings (SSSR count). The molecular formula is C25H15ClFNO12. The molecule has 1 aromatic carbocycles. The van der Waals surface area contributed by atoms with Crippen LogP contribution in [0, 0.1) is 5.82 Å². The van der Waals surface area contributed by atoms with Gasteiger partial charge in [0, 0.05) is 11.5 Å². The van der Waals surface area contributed by atoms with Gasteiger partial charge < -0.3 is 27.9 Å². The highest BCUT2D eigenvalue weighted by Crippen LogP contribution is 2.38. The Kier molecular flexibility index (Phi) is 7.13. The van der Waals surface area contributed by atoms with Crippen LogP contribution >= 0.6 is 11.6 Å². The molecule has 3 aromatic rings. The minimum Gasteiger partial charge on any atom is -0.465 e. The van der Waals surface area contributed by atoms with Crippen LogP contribution in [-0.2, 0) is 38.1 Å². The fourth-order valence-corrected chi connectivity index (χ4v) is 4.34. The van der Waals surface area contributed by atoms with Gasteiger partial charge in [-0.1, -0.05) is 11.6 Å². The molecule has 0 amide bonds. The Morgan fingerprint density at radius 1 is 0.775 bits per heavy atom. The summed E-state index contributed by atoms with van der Waals surface area (Å²) in [6.07, 6.45) is 0. The molecule has 0 spiro atoms. The van der Waals surface area contributed by atoms with Crippen molar-refractivity contribution in [2.45, 2.75) is 0 Å². The first-order valence-electron chi connectivity index (χ1n) is 10.8. The molecule has 2 aromatic heterocycles. The van der Waals surface area contributed by atoms with Gasteiger partial charge in [0.1, 0.15) is 28.0 Å². The van der Waals surface area contributed by atoms with E-state index in [1.165, 1.54) is 0 Å². The molecule has 0 N–H and O–H groups in total. The third-order valence-corrected chi connectivity index (χ3v) is 6.17. The van der Waals surface area contributed by atoms with Gasteiger partial charge in [0.15, 0.2) is 0 Å². The second kappa shape index (κ2) is 10.2. The number of nitrogens with zero attached hydrogens (tertiary/aromatic N) is 1. The van der Waals surface area contributed by atoms with Gasteiger partial charge in [0.2, 0.25) is 17.0 Å². The van der Waals surface area contributed by atoms with E-state index in [2.05, 4.69) is 14.2 Å². The number of carbonyl (C=O) groups is 5. The Labute approximate surface area is 225 Å². The summed E-state index contributed by atoms with van der Waals surface area (Å²) in [6.45, 7) is 0. The molecule has 0 radical (unpaired) electrons. The fourth-order valence-electron chi connectivity index (χ4n) is 4.18. The molecule has 15 heteroatoms. The highest BCUT2D eigenvalue weighted by atomic mass is 35.5. The van der Waals surface area contributed by atoms with Gasteiger partial charge in [-0.25, -0.2) is 28.4 Å². The third kappa shape index (κ3) is 4.05. The van der Waals surface area contributed by atoms with Crippen LogP contribution in [0.4, 0.5) is 4.39 Å². The highest BCUT2D eigenvalue weighted by molar-refractivity contribution is 6.45. The summed E-state index contributed by atoms with van der Waals surface area (Å²) in [5.41, 5.74) is -6.84. The average Bonchev–Trinajstić information content (AvgIpc) is 3.24. The molecule has 0 saturated heterocycles. The smallest absolute Gasteiger partial charge is 0.374 e. The number of ketones is 1. The number of carbonyl (C=O) groups excluding carboxylic acids is 5. The van der Waals surface area contributed by atoms with Crippen molar-refractivity contribution in [3.8, 4) is 0 Å². The Bertz CT molecular complexity index is 1900. The van der Waals surface area contributed by atoms with Crippen molar-refractivity contribution in [2.75, 3.05) is 28.4 Å². The van der Waals surface area contributed by atoms with E-state index in [1.54, 1.807) is 0 Å². The first-order chi connectivity index (χ1) is 18.9. The molecule has 0 saturated carbocycles. The van der Waals surface area contributed by atoms with Crippen molar-refractivity contribution < 1.29 is 51.7 Å². The Morgan fingerprint density at radius 2 is 1.32 bits per heavy atom. The summed E-state index contributed by atoms with van der Waals surface area (Å²) in [5.74, 6) is -8.30. The van der Waals surface area contributed by atoms with Gasteiger partial charge in [-0.05, 0) is 12.1 Å². The zero-order chi connectivity index (χ0) is 29.6. The molecule has 1 aliphatic carbocycles. The van der Waals surface area contributed by atoms with Gasteiger partial charge in [-0.15, -0.1) is 0 Å². The second-order valence-electron chi connectivity index (χ2n) is 7.88. The lowest BCUT2D eigenvalue weighted by atomic mass is 10.1. The second-order valence-corrected chi connectivity index (χ2v) is 8.28. The summed E-state index contributed by atoms with van der Waals surface area (Å²) in [7, 11) is 3.67. The summed E-state index contributed by atoms with van der Waals surface area (Å²) in [4.78, 5) is 90.8. The van der Waals surface area contributed by atoms with E-state index in [9.17, 15) is 38.0 Å². The van der Waals surface area contributed by atoms with E-state index in [0.29, 0.717) is 6.07 Å². The van der Waals surface area contributed by atoms with Crippen molar-refractivity contribution in [3.05, 3.63) is 72.2 Å². The molecule has 206 valence electrons. The first-order valence-corrected chi connectivity index (χ1v) is 11.2. The lowest BCUT2D eigenvalue weighted by Crippen LogP contribution is -2.23. The Hall–Kier alpha value is -5.11. The lowest BCUT2D eigenvalue weighted by Gasteiger charge is -2.17. The van der Waals surface area contributed by atoms with E-state index >= 15 is 0 Å². The predicted molar refractivity (Wildman–Crippen MR) is 132 cm³/mol. The molecule has 0 bridgehead atoms. The van der Waals surface area contributed by atoms with E-state index < -0.39 is 96.0 Å². The maximum atomic E-state index is 14.5. The van der Waals surface area contributed by atoms with Gasteiger partial charge in [0.05, 0.1) is 50.1 Å². The normalized spacial score (nSPS) is 13.2. The number of halogens is 2. The maximum absolute atomic E-state index is 14.5. The zero-order valence-corrected chi connectivity index (χ0v) is 21.6. The van der Waals surface area contributed by atoms with E-state index in [1.807, 2.05) is 0 Å². The summed E-state index contributed by atoms with van der Waals surface area (Å²) in [6, 6.07) is 2.39. The monoisotopic (exact) mass is 575 g/mol. The topological polar surface area (TPSA) is 174 Å². The molecular weight excluding hydrogens is 561 g/mol. The van der Waals surface area contributed by atoms with Crippen LogP contribution in [0.5, 0.6) is 0 Å². The number of pyridine rings is 1. The number of rotatable bonds is 5. The number of esters is 4. The number of fused-ring (bicyclic) bond motifs is 2. The number of methoxy groups -OCH3 is 4. The number of Topliss-reactive ketones (excluding diaryl/α,β-unsaturated/α-hetero) is 1. The number of hydrogen-bond acceptors (Lipinski definition) is 12. The number of hydrogen-bond donors (Lipinski definition) is 0. The number of allylic oxidation sites excluding steroid dienone is 1. The van der Waals surface area contributed by atoms with Gasteiger partial charge in [-0.3, -0.25) is 9.59 Å². The number of aromatic nitrogens is 1. The molecule has 0 unspecified atom stereocenters. The van der Waals surface area contributed by atoms with Crippen LogP contribution in [0.1, 0.15) is 10.6 Å². The van der Waals surface area contributed by atoms with Crippen molar-refractivity contribution >= 4 is 68.8 Å². The number of ether oxygens (including phenoxy) is 4. The van der Waals surface area contributed by atoms with Crippen molar-refractivity contribution in [1.82, 2.24) is 4.57 Å². The molecule has 0 atom stereocenters. The van der Waals surface area contributed by atoms with Gasteiger partial charge in [-0.2, -0.15) is 0 Å². The Morgan fingerprint density at radius 3 is 1.90 bits per heavy atom. The molecule has 13 nitrogen and oxygen atoms in total. The van der Waals surface area contributed by atoms with Crippen LogP contribution in [0.3, 0.4) is 0 Å². The van der Waals surface area contributed by atoms with Crippen molar-refractivity contribution in [3.63, 3.8) is 0 Å². The van der Waals surface area contributed by atoms with E-state index in [-0.39, 0.29) is 5.52 Å². The van der Waals surface area contributed by atoms with Gasteiger partial charge in [0.25, 0.3) is 0 Å². The van der Waals surface area contributed by atoms with Crippen LogP contribution in [0.15, 0.2) is 48.9 Å². The summed E-state index contributed by atoms with van der Waals surface area (Å²) in [5, 5.41) is -1.88. The lowest BCUT2D eigenvalue weighted by molar-refractivity contribution is -0.140. The van der Waals surface area contributed by atoms with E-state index in [4.69, 9.17) is 20.8 Å². The first kappa shape index (κ1) is 27.9.